The van der Waals surface area contributed by atoms with E-state index in [1.165, 1.54) is 11.0 Å². The third kappa shape index (κ3) is 8.25. The molecule has 1 aliphatic carbocycles. The summed E-state index contributed by atoms with van der Waals surface area (Å²) in [6, 6.07) is 23.4. The molecule has 7 N–H and O–H groups in total. The second kappa shape index (κ2) is 13.9. The van der Waals surface area contributed by atoms with Gasteiger partial charge < -0.3 is 21.7 Å². The Morgan fingerprint density at radius 1 is 0.923 bits per heavy atom. The highest BCUT2D eigenvalue weighted by Gasteiger charge is 2.37. The lowest BCUT2D eigenvalue weighted by Gasteiger charge is -2.14. The lowest BCUT2D eigenvalue weighted by atomic mass is 10.1. The SMILES string of the molecule is C.NC[C@H](NC(=O)c1ccc(C#Cc2ccc(NC(=O)CN[C@H]3C[C@@H]3c3ccccc3)cc2)cc1)C(=O)NO. The molecule has 1 saturated carbocycles. The van der Waals surface area contributed by atoms with Crippen molar-refractivity contribution in [2.24, 2.45) is 5.73 Å². The van der Waals surface area contributed by atoms with Crippen LogP contribution in [0.1, 0.15) is 46.8 Å². The van der Waals surface area contributed by atoms with E-state index in [4.69, 9.17) is 10.9 Å². The van der Waals surface area contributed by atoms with Crippen LogP contribution in [0.5, 0.6) is 0 Å². The molecule has 0 unspecified atom stereocenters. The van der Waals surface area contributed by atoms with Gasteiger partial charge in [-0.15, -0.1) is 0 Å². The lowest BCUT2D eigenvalue weighted by molar-refractivity contribution is -0.130. The first kappa shape index (κ1) is 29.1. The van der Waals surface area contributed by atoms with Gasteiger partial charge in [-0.05, 0) is 60.5 Å². The maximum absolute atomic E-state index is 12.3. The van der Waals surface area contributed by atoms with Gasteiger partial charge in [0.25, 0.3) is 11.8 Å². The normalized spacial score (nSPS) is 15.9. The quantitative estimate of drug-likeness (QED) is 0.143. The van der Waals surface area contributed by atoms with Crippen molar-refractivity contribution >= 4 is 23.4 Å². The summed E-state index contributed by atoms with van der Waals surface area (Å²) in [5.74, 6) is 5.17. The average Bonchev–Trinajstić information content (AvgIpc) is 3.74. The highest BCUT2D eigenvalue weighted by atomic mass is 16.5. The zero-order chi connectivity index (χ0) is 26.9. The highest BCUT2D eigenvalue weighted by Crippen LogP contribution is 2.40. The number of amides is 3. The molecule has 0 bridgehead atoms. The molecule has 3 aromatic carbocycles. The molecule has 9 heteroatoms. The predicted molar refractivity (Wildman–Crippen MR) is 150 cm³/mol. The smallest absolute Gasteiger partial charge is 0.267 e. The minimum atomic E-state index is -1.04. The van der Waals surface area contributed by atoms with E-state index in [1.54, 1.807) is 36.4 Å². The van der Waals surface area contributed by atoms with Crippen LogP contribution < -0.4 is 27.2 Å². The van der Waals surface area contributed by atoms with Crippen molar-refractivity contribution in [3.8, 4) is 11.8 Å². The third-order valence-corrected chi connectivity index (χ3v) is 6.18. The number of carbonyl (C=O) groups excluding carboxylic acids is 3. The van der Waals surface area contributed by atoms with E-state index in [2.05, 4.69) is 39.9 Å². The van der Waals surface area contributed by atoms with E-state index in [9.17, 15) is 14.4 Å². The minimum Gasteiger partial charge on any atom is -0.339 e. The maximum atomic E-state index is 12.3. The van der Waals surface area contributed by atoms with E-state index >= 15 is 0 Å². The van der Waals surface area contributed by atoms with E-state index in [0.29, 0.717) is 28.8 Å². The fraction of sp³-hybridized carbons (Fsp3) is 0.233. The Morgan fingerprint density at radius 3 is 2.13 bits per heavy atom. The Morgan fingerprint density at radius 2 is 1.54 bits per heavy atom. The zero-order valence-electron chi connectivity index (χ0n) is 20.6. The summed E-state index contributed by atoms with van der Waals surface area (Å²) in [6.07, 6.45) is 1.04. The number of carbonyl (C=O) groups is 3. The molecular formula is C30H33N5O4. The molecule has 4 rings (SSSR count). The molecule has 0 radical (unpaired) electrons. The van der Waals surface area contributed by atoms with Gasteiger partial charge in [-0.2, -0.15) is 0 Å². The van der Waals surface area contributed by atoms with Gasteiger partial charge in [0.05, 0.1) is 6.54 Å². The Labute approximate surface area is 228 Å². The summed E-state index contributed by atoms with van der Waals surface area (Å²) in [7, 11) is 0. The van der Waals surface area contributed by atoms with Crippen molar-refractivity contribution in [3.05, 3.63) is 101 Å². The third-order valence-electron chi connectivity index (χ3n) is 6.18. The summed E-state index contributed by atoms with van der Waals surface area (Å²) in [6.45, 7) is 0.0990. The van der Waals surface area contributed by atoms with Crippen LogP contribution >= 0.6 is 0 Å². The van der Waals surface area contributed by atoms with Gasteiger partial charge in [0.2, 0.25) is 5.91 Å². The number of rotatable bonds is 9. The number of benzene rings is 3. The molecule has 1 fully saturated rings. The molecule has 0 heterocycles. The highest BCUT2D eigenvalue weighted by molar-refractivity contribution is 5.97. The van der Waals surface area contributed by atoms with Crippen LogP contribution in [-0.4, -0.2) is 48.1 Å². The first-order chi connectivity index (χ1) is 18.5. The van der Waals surface area contributed by atoms with Gasteiger partial charge in [-0.3, -0.25) is 19.6 Å². The van der Waals surface area contributed by atoms with Crippen molar-refractivity contribution < 1.29 is 19.6 Å². The Balaban J connectivity index is 0.00000420. The standard InChI is InChI=1S/C29H29N5O4.CH4/c30-17-26(29(37)34-38)33-28(36)22-12-8-19(9-13-22)6-7-20-10-14-23(15-11-20)32-27(35)18-31-25-16-24(25)21-4-2-1-3-5-21;/h1-5,8-15,24-26,31,38H,16-18,30H2,(H,32,35)(H,33,36)(H,34,37);1H4/t24-,25+,26+;/m1./s1. The van der Waals surface area contributed by atoms with Gasteiger partial charge in [0, 0.05) is 40.9 Å². The average molecular weight is 528 g/mol. The topological polar surface area (TPSA) is 146 Å². The number of hydrogen-bond acceptors (Lipinski definition) is 6. The molecule has 3 atom stereocenters. The van der Waals surface area contributed by atoms with Crippen LogP contribution in [0.25, 0.3) is 0 Å². The molecule has 202 valence electrons. The van der Waals surface area contributed by atoms with E-state index < -0.39 is 17.9 Å². The monoisotopic (exact) mass is 527 g/mol. The van der Waals surface area contributed by atoms with Gasteiger partial charge in [0.15, 0.2) is 0 Å². The number of nitrogens with one attached hydrogen (secondary N) is 4. The van der Waals surface area contributed by atoms with E-state index in [-0.39, 0.29) is 26.4 Å². The fourth-order valence-electron chi connectivity index (χ4n) is 3.96. The molecule has 3 amide bonds. The number of hydroxylamine groups is 1. The fourth-order valence-corrected chi connectivity index (χ4v) is 3.96. The van der Waals surface area contributed by atoms with Crippen LogP contribution in [0.3, 0.4) is 0 Å². The van der Waals surface area contributed by atoms with Crippen LogP contribution in [0.2, 0.25) is 0 Å². The number of hydrogen-bond donors (Lipinski definition) is 6. The molecule has 0 saturated heterocycles. The first-order valence-corrected chi connectivity index (χ1v) is 12.2. The molecular weight excluding hydrogens is 494 g/mol. The Hall–Kier alpha value is -4.49. The summed E-state index contributed by atoms with van der Waals surface area (Å²) < 4.78 is 0. The second-order valence-electron chi connectivity index (χ2n) is 8.93. The van der Waals surface area contributed by atoms with Crippen molar-refractivity contribution in [2.75, 3.05) is 18.4 Å². The van der Waals surface area contributed by atoms with E-state index in [1.807, 2.05) is 30.3 Å². The molecule has 0 spiro atoms. The molecule has 0 aliphatic heterocycles. The van der Waals surface area contributed by atoms with Crippen molar-refractivity contribution in [3.63, 3.8) is 0 Å². The van der Waals surface area contributed by atoms with Gasteiger partial charge in [-0.1, -0.05) is 49.6 Å². The van der Waals surface area contributed by atoms with Gasteiger partial charge in [-0.25, -0.2) is 5.48 Å². The van der Waals surface area contributed by atoms with Gasteiger partial charge >= 0.3 is 0 Å². The van der Waals surface area contributed by atoms with Gasteiger partial charge in [0.1, 0.15) is 6.04 Å². The zero-order valence-corrected chi connectivity index (χ0v) is 20.6. The molecule has 1 aliphatic rings. The molecule has 3 aromatic rings. The predicted octanol–water partition coefficient (Wildman–Crippen LogP) is 2.37. The Kier molecular flexibility index (Phi) is 10.3. The second-order valence-corrected chi connectivity index (χ2v) is 8.93. The minimum absolute atomic E-state index is 0. The Bertz CT molecular complexity index is 1330. The molecule has 9 nitrogen and oxygen atoms in total. The largest absolute Gasteiger partial charge is 0.339 e. The number of nitrogens with two attached hydrogens (primary N) is 1. The van der Waals surface area contributed by atoms with Crippen molar-refractivity contribution in [2.45, 2.75) is 31.8 Å². The molecule has 0 aromatic heterocycles. The van der Waals surface area contributed by atoms with E-state index in [0.717, 1.165) is 12.0 Å². The lowest BCUT2D eigenvalue weighted by Crippen LogP contribution is -2.50. The summed E-state index contributed by atoms with van der Waals surface area (Å²) in [5.41, 5.74) is 10.7. The number of anilines is 1. The van der Waals surface area contributed by atoms with Crippen molar-refractivity contribution in [1.82, 2.24) is 16.1 Å². The van der Waals surface area contributed by atoms with Crippen LogP contribution in [0, 0.1) is 11.8 Å². The summed E-state index contributed by atoms with van der Waals surface area (Å²) in [4.78, 5) is 36.1. The first-order valence-electron chi connectivity index (χ1n) is 12.2. The van der Waals surface area contributed by atoms with Crippen LogP contribution in [0.15, 0.2) is 78.9 Å². The van der Waals surface area contributed by atoms with Crippen molar-refractivity contribution in [1.29, 1.82) is 0 Å². The maximum Gasteiger partial charge on any atom is 0.267 e. The molecule has 39 heavy (non-hydrogen) atoms. The van der Waals surface area contributed by atoms with Crippen LogP contribution in [0.4, 0.5) is 5.69 Å². The van der Waals surface area contributed by atoms with Crippen LogP contribution in [-0.2, 0) is 9.59 Å². The summed E-state index contributed by atoms with van der Waals surface area (Å²) >= 11 is 0. The summed E-state index contributed by atoms with van der Waals surface area (Å²) in [5, 5.41) is 17.4.